The van der Waals surface area contributed by atoms with Gasteiger partial charge in [-0.05, 0) is 97.9 Å². The highest BCUT2D eigenvalue weighted by molar-refractivity contribution is 7.80. The zero-order valence-electron chi connectivity index (χ0n) is 16.6. The first kappa shape index (κ1) is 20.4. The number of carbonyl (C=O) groups is 1. The van der Waals surface area contributed by atoms with Gasteiger partial charge in [-0.3, -0.25) is 4.79 Å². The lowest BCUT2D eigenvalue weighted by Gasteiger charge is -2.12. The van der Waals surface area contributed by atoms with E-state index in [4.69, 9.17) is 17.0 Å². The van der Waals surface area contributed by atoms with Gasteiger partial charge in [-0.15, -0.1) is 0 Å². The monoisotopic (exact) mass is 405 g/mol. The van der Waals surface area contributed by atoms with Crippen LogP contribution in [0.3, 0.4) is 0 Å². The van der Waals surface area contributed by atoms with E-state index in [-0.39, 0.29) is 5.91 Å². The van der Waals surface area contributed by atoms with Crippen molar-refractivity contribution in [1.29, 1.82) is 0 Å². The predicted molar refractivity (Wildman–Crippen MR) is 123 cm³/mol. The average Bonchev–Trinajstić information content (AvgIpc) is 2.68. The Morgan fingerprint density at radius 3 is 1.86 bits per heavy atom. The zero-order chi connectivity index (χ0) is 20.8. The summed E-state index contributed by atoms with van der Waals surface area (Å²) in [4.78, 5) is 12.4. The SMILES string of the molecule is COc1ccc(NC(=O)c2ccc(NC(=S)Nc3cc(C)cc(C)c3)cc2)cc1. The van der Waals surface area contributed by atoms with Crippen molar-refractivity contribution in [2.75, 3.05) is 23.1 Å². The first-order chi connectivity index (χ1) is 13.9. The van der Waals surface area contributed by atoms with Crippen molar-refractivity contribution in [1.82, 2.24) is 0 Å². The molecule has 6 heteroatoms. The van der Waals surface area contributed by atoms with Crippen molar-refractivity contribution in [3.05, 3.63) is 83.4 Å². The summed E-state index contributed by atoms with van der Waals surface area (Å²) in [5, 5.41) is 9.67. The lowest BCUT2D eigenvalue weighted by atomic mass is 10.1. The molecule has 0 unspecified atom stereocenters. The number of carbonyl (C=O) groups excluding carboxylic acids is 1. The second kappa shape index (κ2) is 9.21. The number of ether oxygens (including phenoxy) is 1. The molecular formula is C23H23N3O2S. The molecule has 0 aliphatic heterocycles. The minimum Gasteiger partial charge on any atom is -0.497 e. The average molecular weight is 406 g/mol. The maximum Gasteiger partial charge on any atom is 0.255 e. The zero-order valence-corrected chi connectivity index (χ0v) is 17.4. The van der Waals surface area contributed by atoms with Gasteiger partial charge in [0.15, 0.2) is 5.11 Å². The number of benzene rings is 3. The van der Waals surface area contributed by atoms with Crippen molar-refractivity contribution < 1.29 is 9.53 Å². The molecule has 3 aromatic carbocycles. The van der Waals surface area contributed by atoms with Gasteiger partial charge in [-0.25, -0.2) is 0 Å². The number of aryl methyl sites for hydroxylation is 2. The van der Waals surface area contributed by atoms with E-state index in [1.54, 1.807) is 43.5 Å². The highest BCUT2D eigenvalue weighted by Gasteiger charge is 2.07. The molecule has 0 atom stereocenters. The summed E-state index contributed by atoms with van der Waals surface area (Å²) in [5.41, 5.74) is 5.34. The Kier molecular flexibility index (Phi) is 6.46. The highest BCUT2D eigenvalue weighted by atomic mass is 32.1. The largest absolute Gasteiger partial charge is 0.497 e. The van der Waals surface area contributed by atoms with Crippen LogP contribution in [-0.2, 0) is 0 Å². The maximum atomic E-state index is 12.4. The van der Waals surface area contributed by atoms with E-state index in [2.05, 4.69) is 22.0 Å². The second-order valence-corrected chi connectivity index (χ2v) is 7.12. The van der Waals surface area contributed by atoms with Gasteiger partial charge >= 0.3 is 0 Å². The molecule has 3 rings (SSSR count). The molecule has 148 valence electrons. The second-order valence-electron chi connectivity index (χ2n) is 6.72. The Labute approximate surface area is 176 Å². The number of amides is 1. The Balaban J connectivity index is 1.58. The third kappa shape index (κ3) is 5.80. The fourth-order valence-corrected chi connectivity index (χ4v) is 3.16. The van der Waals surface area contributed by atoms with E-state index >= 15 is 0 Å². The Morgan fingerprint density at radius 2 is 1.28 bits per heavy atom. The first-order valence-corrected chi connectivity index (χ1v) is 9.55. The molecule has 0 saturated heterocycles. The van der Waals surface area contributed by atoms with E-state index in [9.17, 15) is 4.79 Å². The van der Waals surface area contributed by atoms with Crippen LogP contribution < -0.4 is 20.7 Å². The summed E-state index contributed by atoms with van der Waals surface area (Å²) in [6.45, 7) is 4.09. The van der Waals surface area contributed by atoms with E-state index in [0.717, 1.165) is 17.1 Å². The standard InChI is InChI=1S/C23H23N3O2S/c1-15-12-16(2)14-20(13-15)26-23(29)25-19-6-4-17(5-7-19)22(27)24-18-8-10-21(28-3)11-9-18/h4-14H,1-3H3,(H,24,27)(H2,25,26,29). The van der Waals surface area contributed by atoms with Gasteiger partial charge in [0.2, 0.25) is 0 Å². The van der Waals surface area contributed by atoms with Crippen LogP contribution in [0, 0.1) is 13.8 Å². The third-order valence-corrected chi connectivity index (χ3v) is 4.44. The molecule has 0 aliphatic rings. The Hall–Kier alpha value is -3.38. The number of methoxy groups -OCH3 is 1. The number of hydrogen-bond acceptors (Lipinski definition) is 3. The Morgan fingerprint density at radius 1 is 0.759 bits per heavy atom. The van der Waals surface area contributed by atoms with Crippen molar-refractivity contribution in [3.63, 3.8) is 0 Å². The van der Waals surface area contributed by atoms with E-state index in [1.807, 2.05) is 38.1 Å². The van der Waals surface area contributed by atoms with Crippen molar-refractivity contribution in [3.8, 4) is 5.75 Å². The molecule has 0 spiro atoms. The van der Waals surface area contributed by atoms with Gasteiger partial charge in [0.1, 0.15) is 5.75 Å². The molecule has 0 heterocycles. The molecule has 0 bridgehead atoms. The molecule has 0 fully saturated rings. The summed E-state index contributed by atoms with van der Waals surface area (Å²) in [6.07, 6.45) is 0. The van der Waals surface area contributed by atoms with Crippen LogP contribution in [0.4, 0.5) is 17.1 Å². The topological polar surface area (TPSA) is 62.4 Å². The van der Waals surface area contributed by atoms with Gasteiger partial charge < -0.3 is 20.7 Å². The lowest BCUT2D eigenvalue weighted by molar-refractivity contribution is 0.102. The maximum absolute atomic E-state index is 12.4. The van der Waals surface area contributed by atoms with Gasteiger partial charge in [-0.1, -0.05) is 6.07 Å². The number of nitrogens with one attached hydrogen (secondary N) is 3. The molecule has 29 heavy (non-hydrogen) atoms. The third-order valence-electron chi connectivity index (χ3n) is 4.23. The predicted octanol–water partition coefficient (Wildman–Crippen LogP) is 5.37. The fraction of sp³-hybridized carbons (Fsp3) is 0.130. The van der Waals surface area contributed by atoms with Crippen LogP contribution in [0.15, 0.2) is 66.7 Å². The normalized spacial score (nSPS) is 10.2. The molecule has 3 aromatic rings. The highest BCUT2D eigenvalue weighted by Crippen LogP contribution is 2.18. The van der Waals surface area contributed by atoms with Crippen molar-refractivity contribution >= 4 is 40.3 Å². The summed E-state index contributed by atoms with van der Waals surface area (Å²) in [5.74, 6) is 0.557. The van der Waals surface area contributed by atoms with E-state index in [1.165, 1.54) is 11.1 Å². The van der Waals surface area contributed by atoms with Gasteiger partial charge in [0, 0.05) is 22.6 Å². The van der Waals surface area contributed by atoms with Gasteiger partial charge in [0.05, 0.1) is 7.11 Å². The molecule has 3 N–H and O–H groups in total. The van der Waals surface area contributed by atoms with Crippen LogP contribution in [0.5, 0.6) is 5.75 Å². The number of thiocarbonyl (C=S) groups is 1. The summed E-state index contributed by atoms with van der Waals surface area (Å²) in [6, 6.07) is 20.5. The molecule has 0 aromatic heterocycles. The lowest BCUT2D eigenvalue weighted by Crippen LogP contribution is -2.19. The summed E-state index contributed by atoms with van der Waals surface area (Å²) < 4.78 is 5.12. The van der Waals surface area contributed by atoms with Gasteiger partial charge in [-0.2, -0.15) is 0 Å². The first-order valence-electron chi connectivity index (χ1n) is 9.15. The number of anilines is 3. The molecule has 5 nitrogen and oxygen atoms in total. The smallest absolute Gasteiger partial charge is 0.255 e. The minimum atomic E-state index is -0.183. The van der Waals surface area contributed by atoms with Crippen LogP contribution in [-0.4, -0.2) is 18.1 Å². The summed E-state index contributed by atoms with van der Waals surface area (Å²) in [7, 11) is 1.60. The fourth-order valence-electron chi connectivity index (χ4n) is 2.92. The van der Waals surface area contributed by atoms with Crippen molar-refractivity contribution in [2.45, 2.75) is 13.8 Å². The summed E-state index contributed by atoms with van der Waals surface area (Å²) >= 11 is 5.38. The van der Waals surface area contributed by atoms with Crippen LogP contribution >= 0.6 is 12.2 Å². The van der Waals surface area contributed by atoms with Crippen molar-refractivity contribution in [2.24, 2.45) is 0 Å². The van der Waals surface area contributed by atoms with E-state index < -0.39 is 0 Å². The van der Waals surface area contributed by atoms with Crippen LogP contribution in [0.25, 0.3) is 0 Å². The quantitative estimate of drug-likeness (QED) is 0.498. The van der Waals surface area contributed by atoms with Crippen LogP contribution in [0.1, 0.15) is 21.5 Å². The number of rotatable bonds is 5. The molecule has 0 radical (unpaired) electrons. The molecular weight excluding hydrogens is 382 g/mol. The minimum absolute atomic E-state index is 0.183. The van der Waals surface area contributed by atoms with E-state index in [0.29, 0.717) is 16.4 Å². The van der Waals surface area contributed by atoms with Gasteiger partial charge in [0.25, 0.3) is 5.91 Å². The van der Waals surface area contributed by atoms with Crippen LogP contribution in [0.2, 0.25) is 0 Å². The Bertz CT molecular complexity index is 995. The molecule has 0 aliphatic carbocycles. The molecule has 0 saturated carbocycles. The number of hydrogen-bond donors (Lipinski definition) is 3. The molecule has 1 amide bonds.